The van der Waals surface area contributed by atoms with E-state index in [0.717, 1.165) is 37.7 Å². The van der Waals surface area contributed by atoms with E-state index in [4.69, 9.17) is 5.11 Å². The standard InChI is InChI=1S/C12H20N2OS/c1-10-9-16-12(13-10)8-14(11-4-5-11)6-2-3-7-15/h9,11,15H,2-8H2,1H3. The van der Waals surface area contributed by atoms with Crippen molar-refractivity contribution in [2.24, 2.45) is 0 Å². The highest BCUT2D eigenvalue weighted by Gasteiger charge is 2.28. The number of thiazole rings is 1. The van der Waals surface area contributed by atoms with E-state index in [2.05, 4.69) is 15.3 Å². The molecule has 2 rings (SSSR count). The molecule has 1 aliphatic carbocycles. The molecule has 1 heterocycles. The Balaban J connectivity index is 1.82. The summed E-state index contributed by atoms with van der Waals surface area (Å²) in [5.41, 5.74) is 1.13. The fourth-order valence-corrected chi connectivity index (χ4v) is 2.70. The number of rotatable bonds is 7. The summed E-state index contributed by atoms with van der Waals surface area (Å²) in [5.74, 6) is 0. The van der Waals surface area contributed by atoms with Gasteiger partial charge in [-0.3, -0.25) is 4.90 Å². The van der Waals surface area contributed by atoms with Crippen LogP contribution in [0.4, 0.5) is 0 Å². The molecule has 0 bridgehead atoms. The summed E-state index contributed by atoms with van der Waals surface area (Å²) in [4.78, 5) is 7.04. The van der Waals surface area contributed by atoms with Crippen molar-refractivity contribution in [3.05, 3.63) is 16.1 Å². The van der Waals surface area contributed by atoms with E-state index in [1.807, 2.05) is 6.92 Å². The SMILES string of the molecule is Cc1csc(CN(CCCCO)C2CC2)n1. The van der Waals surface area contributed by atoms with Crippen LogP contribution in [-0.4, -0.2) is 34.2 Å². The summed E-state index contributed by atoms with van der Waals surface area (Å²) >= 11 is 1.76. The molecule has 1 fully saturated rings. The van der Waals surface area contributed by atoms with E-state index in [9.17, 15) is 0 Å². The molecule has 0 saturated heterocycles. The molecule has 0 amide bonds. The zero-order valence-corrected chi connectivity index (χ0v) is 10.7. The van der Waals surface area contributed by atoms with E-state index in [1.165, 1.54) is 17.8 Å². The summed E-state index contributed by atoms with van der Waals surface area (Å²) in [6.07, 6.45) is 4.68. The molecule has 16 heavy (non-hydrogen) atoms. The second-order valence-electron chi connectivity index (χ2n) is 4.51. The van der Waals surface area contributed by atoms with Gasteiger partial charge in [-0.1, -0.05) is 0 Å². The molecule has 1 N–H and O–H groups in total. The van der Waals surface area contributed by atoms with Gasteiger partial charge < -0.3 is 5.11 Å². The van der Waals surface area contributed by atoms with Crippen molar-refractivity contribution in [2.75, 3.05) is 13.2 Å². The zero-order valence-electron chi connectivity index (χ0n) is 9.85. The summed E-state index contributed by atoms with van der Waals surface area (Å²) in [6.45, 7) is 4.46. The quantitative estimate of drug-likeness (QED) is 0.742. The Bertz CT molecular complexity index is 323. The monoisotopic (exact) mass is 240 g/mol. The highest BCUT2D eigenvalue weighted by Crippen LogP contribution is 2.29. The first kappa shape index (κ1) is 12.0. The topological polar surface area (TPSA) is 36.4 Å². The Hall–Kier alpha value is -0.450. The van der Waals surface area contributed by atoms with Gasteiger partial charge in [-0.05, 0) is 39.2 Å². The maximum absolute atomic E-state index is 8.80. The number of aliphatic hydroxyl groups excluding tert-OH is 1. The normalized spacial score (nSPS) is 15.9. The van der Waals surface area contributed by atoms with Crippen molar-refractivity contribution in [1.29, 1.82) is 0 Å². The zero-order chi connectivity index (χ0) is 11.4. The molecule has 4 heteroatoms. The van der Waals surface area contributed by atoms with E-state index in [0.29, 0.717) is 6.61 Å². The summed E-state index contributed by atoms with van der Waals surface area (Å²) < 4.78 is 0. The molecule has 0 atom stereocenters. The lowest BCUT2D eigenvalue weighted by molar-refractivity contribution is 0.228. The fraction of sp³-hybridized carbons (Fsp3) is 0.750. The minimum Gasteiger partial charge on any atom is -0.396 e. The van der Waals surface area contributed by atoms with Crippen LogP contribution in [0.25, 0.3) is 0 Å². The maximum Gasteiger partial charge on any atom is 0.107 e. The molecule has 0 unspecified atom stereocenters. The molecule has 1 aromatic rings. The lowest BCUT2D eigenvalue weighted by Crippen LogP contribution is -2.26. The summed E-state index contributed by atoms with van der Waals surface area (Å²) in [5, 5.41) is 12.1. The van der Waals surface area contributed by atoms with E-state index in [-0.39, 0.29) is 0 Å². The second-order valence-corrected chi connectivity index (χ2v) is 5.46. The number of hydrogen-bond donors (Lipinski definition) is 1. The Kier molecular flexibility index (Phi) is 4.32. The number of aryl methyl sites for hydroxylation is 1. The molecule has 1 aromatic heterocycles. The van der Waals surface area contributed by atoms with Crippen molar-refractivity contribution in [3.63, 3.8) is 0 Å². The Morgan fingerprint density at radius 3 is 2.88 bits per heavy atom. The Morgan fingerprint density at radius 1 is 1.50 bits per heavy atom. The Labute approximate surface area is 101 Å². The third kappa shape index (κ3) is 3.54. The molecule has 0 radical (unpaired) electrons. The van der Waals surface area contributed by atoms with Crippen molar-refractivity contribution < 1.29 is 5.11 Å². The van der Waals surface area contributed by atoms with Crippen LogP contribution in [-0.2, 0) is 6.54 Å². The van der Waals surface area contributed by atoms with E-state index < -0.39 is 0 Å². The van der Waals surface area contributed by atoms with Gasteiger partial charge in [0.2, 0.25) is 0 Å². The molecule has 3 nitrogen and oxygen atoms in total. The average Bonchev–Trinajstić information content (AvgIpc) is 3.02. The highest BCUT2D eigenvalue weighted by atomic mass is 32.1. The number of aliphatic hydroxyl groups is 1. The molecule has 90 valence electrons. The van der Waals surface area contributed by atoms with Gasteiger partial charge in [-0.25, -0.2) is 4.98 Å². The molecule has 1 aliphatic rings. The Morgan fingerprint density at radius 2 is 2.31 bits per heavy atom. The highest BCUT2D eigenvalue weighted by molar-refractivity contribution is 7.09. The first-order valence-electron chi connectivity index (χ1n) is 6.05. The van der Waals surface area contributed by atoms with Crippen LogP contribution in [0.3, 0.4) is 0 Å². The van der Waals surface area contributed by atoms with Crippen LogP contribution >= 0.6 is 11.3 Å². The molecule has 0 spiro atoms. The van der Waals surface area contributed by atoms with Crippen LogP contribution in [0.15, 0.2) is 5.38 Å². The lowest BCUT2D eigenvalue weighted by Gasteiger charge is -2.20. The number of aromatic nitrogens is 1. The van der Waals surface area contributed by atoms with Crippen molar-refractivity contribution in [1.82, 2.24) is 9.88 Å². The number of hydrogen-bond acceptors (Lipinski definition) is 4. The van der Waals surface area contributed by atoms with Gasteiger partial charge in [0, 0.05) is 23.7 Å². The van der Waals surface area contributed by atoms with Gasteiger partial charge in [0.05, 0.1) is 6.54 Å². The minimum atomic E-state index is 0.314. The minimum absolute atomic E-state index is 0.314. The largest absolute Gasteiger partial charge is 0.396 e. The predicted molar refractivity (Wildman–Crippen MR) is 66.6 cm³/mol. The van der Waals surface area contributed by atoms with Crippen LogP contribution < -0.4 is 0 Å². The lowest BCUT2D eigenvalue weighted by atomic mass is 10.3. The fourth-order valence-electron chi connectivity index (χ4n) is 1.91. The van der Waals surface area contributed by atoms with E-state index >= 15 is 0 Å². The van der Waals surface area contributed by atoms with Crippen molar-refractivity contribution in [2.45, 2.75) is 45.2 Å². The molecule has 0 aromatic carbocycles. The van der Waals surface area contributed by atoms with Gasteiger partial charge in [0.1, 0.15) is 5.01 Å². The van der Waals surface area contributed by atoms with Crippen LogP contribution in [0.2, 0.25) is 0 Å². The van der Waals surface area contributed by atoms with Gasteiger partial charge >= 0.3 is 0 Å². The van der Waals surface area contributed by atoms with Gasteiger partial charge in [0.15, 0.2) is 0 Å². The van der Waals surface area contributed by atoms with Gasteiger partial charge in [0.25, 0.3) is 0 Å². The smallest absolute Gasteiger partial charge is 0.107 e. The third-order valence-corrected chi connectivity index (χ3v) is 3.87. The van der Waals surface area contributed by atoms with Crippen LogP contribution in [0, 0.1) is 6.92 Å². The first-order chi connectivity index (χ1) is 7.79. The summed E-state index contributed by atoms with van der Waals surface area (Å²) in [7, 11) is 0. The van der Waals surface area contributed by atoms with Gasteiger partial charge in [-0.15, -0.1) is 11.3 Å². The number of nitrogens with zero attached hydrogens (tertiary/aromatic N) is 2. The molecular formula is C12H20N2OS. The second kappa shape index (κ2) is 5.75. The molecule has 0 aliphatic heterocycles. The number of unbranched alkanes of at least 4 members (excludes halogenated alkanes) is 1. The maximum atomic E-state index is 8.80. The first-order valence-corrected chi connectivity index (χ1v) is 6.93. The molecule has 1 saturated carbocycles. The molecular weight excluding hydrogens is 220 g/mol. The van der Waals surface area contributed by atoms with Crippen LogP contribution in [0.1, 0.15) is 36.4 Å². The van der Waals surface area contributed by atoms with E-state index in [1.54, 1.807) is 11.3 Å². The third-order valence-electron chi connectivity index (χ3n) is 2.92. The van der Waals surface area contributed by atoms with Crippen molar-refractivity contribution >= 4 is 11.3 Å². The van der Waals surface area contributed by atoms with Crippen molar-refractivity contribution in [3.8, 4) is 0 Å². The van der Waals surface area contributed by atoms with Crippen LogP contribution in [0.5, 0.6) is 0 Å². The average molecular weight is 240 g/mol. The predicted octanol–water partition coefficient (Wildman–Crippen LogP) is 2.19. The summed E-state index contributed by atoms with van der Waals surface area (Å²) in [6, 6.07) is 0.780. The van der Waals surface area contributed by atoms with Gasteiger partial charge in [-0.2, -0.15) is 0 Å².